The quantitative estimate of drug-likeness (QED) is 0.631. The van der Waals surface area contributed by atoms with Crippen molar-refractivity contribution in [2.45, 2.75) is 46.0 Å². The zero-order valence-electron chi connectivity index (χ0n) is 17.0. The average Bonchev–Trinajstić information content (AvgIpc) is 2.58. The topological polar surface area (TPSA) is 53.1 Å². The Morgan fingerprint density at radius 2 is 1.58 bits per heavy atom. The van der Waals surface area contributed by atoms with Crippen LogP contribution in [0.15, 0.2) is 30.6 Å². The van der Waals surface area contributed by atoms with Crippen LogP contribution >= 0.6 is 0 Å². The second-order valence-electron chi connectivity index (χ2n) is 7.62. The van der Waals surface area contributed by atoms with E-state index < -0.39 is 0 Å². The van der Waals surface area contributed by atoms with Gasteiger partial charge in [-0.05, 0) is 50.0 Å². The van der Waals surface area contributed by atoms with Gasteiger partial charge in [0.25, 0.3) is 0 Å². The first kappa shape index (κ1) is 20.2. The van der Waals surface area contributed by atoms with Crippen LogP contribution in [0, 0.1) is 0 Å². The third-order valence-corrected chi connectivity index (χ3v) is 4.38. The normalized spacial score (nSPS) is 11.4. The molecule has 1 aromatic heterocycles. The number of benzene rings is 1. The number of hydrogen-bond acceptors (Lipinski definition) is 5. The largest absolute Gasteiger partial charge is 0.370 e. The van der Waals surface area contributed by atoms with Gasteiger partial charge in [0, 0.05) is 18.3 Å². The summed E-state index contributed by atoms with van der Waals surface area (Å²) in [4.78, 5) is 10.9. The van der Waals surface area contributed by atoms with E-state index in [9.17, 15) is 0 Å². The summed E-state index contributed by atoms with van der Waals surface area (Å²) in [6.07, 6.45) is 2.69. The molecule has 0 atom stereocenters. The molecule has 1 heterocycles. The smallest absolute Gasteiger partial charge is 0.135 e. The number of para-hydroxylation sites is 1. The van der Waals surface area contributed by atoms with Gasteiger partial charge in [-0.2, -0.15) is 0 Å². The first-order chi connectivity index (χ1) is 12.4. The molecule has 0 unspecified atom stereocenters. The fourth-order valence-corrected chi connectivity index (χ4v) is 2.96. The lowest BCUT2D eigenvalue weighted by molar-refractivity contribution is 0.405. The molecule has 26 heavy (non-hydrogen) atoms. The molecule has 5 heteroatoms. The first-order valence-corrected chi connectivity index (χ1v) is 9.49. The molecule has 0 aliphatic heterocycles. The van der Waals surface area contributed by atoms with Crippen molar-refractivity contribution in [1.29, 1.82) is 0 Å². The third-order valence-electron chi connectivity index (χ3n) is 4.38. The van der Waals surface area contributed by atoms with Gasteiger partial charge in [0.15, 0.2) is 0 Å². The van der Waals surface area contributed by atoms with Gasteiger partial charge < -0.3 is 15.5 Å². The number of aromatic nitrogens is 2. The molecular weight excluding hydrogens is 322 g/mol. The standard InChI is InChI=1S/C21H33N5/c1-15(2)17-9-7-10-18(16(3)4)21(17)25-20-13-19(23-14-24-20)22-11-8-12-26(5)6/h7,9-10,13-16H,8,11-12H2,1-6H3,(H2,22,23,24,25). The average molecular weight is 356 g/mol. The van der Waals surface area contributed by atoms with Crippen molar-refractivity contribution in [1.82, 2.24) is 14.9 Å². The van der Waals surface area contributed by atoms with Crippen LogP contribution in [-0.4, -0.2) is 42.1 Å². The van der Waals surface area contributed by atoms with E-state index in [4.69, 9.17) is 0 Å². The lowest BCUT2D eigenvalue weighted by atomic mass is 9.92. The van der Waals surface area contributed by atoms with Crippen molar-refractivity contribution < 1.29 is 0 Å². The highest BCUT2D eigenvalue weighted by Gasteiger charge is 2.14. The van der Waals surface area contributed by atoms with Crippen LogP contribution in [0.4, 0.5) is 17.3 Å². The monoisotopic (exact) mass is 355 g/mol. The molecule has 2 rings (SSSR count). The van der Waals surface area contributed by atoms with E-state index in [-0.39, 0.29) is 0 Å². The van der Waals surface area contributed by atoms with E-state index in [0.29, 0.717) is 11.8 Å². The molecule has 0 aliphatic carbocycles. The minimum atomic E-state index is 0.446. The van der Waals surface area contributed by atoms with Crippen molar-refractivity contribution in [3.05, 3.63) is 41.7 Å². The van der Waals surface area contributed by atoms with Crippen LogP contribution in [-0.2, 0) is 0 Å². The minimum absolute atomic E-state index is 0.446. The van der Waals surface area contributed by atoms with Gasteiger partial charge in [0.1, 0.15) is 18.0 Å². The Kier molecular flexibility index (Phi) is 7.39. The predicted octanol–water partition coefficient (Wildman–Crippen LogP) is 4.83. The molecular formula is C21H33N5. The SMILES string of the molecule is CC(C)c1cccc(C(C)C)c1Nc1cc(NCCCN(C)C)ncn1. The zero-order valence-corrected chi connectivity index (χ0v) is 17.0. The Morgan fingerprint density at radius 1 is 0.962 bits per heavy atom. The Morgan fingerprint density at radius 3 is 2.15 bits per heavy atom. The number of nitrogens with one attached hydrogen (secondary N) is 2. The van der Waals surface area contributed by atoms with Crippen LogP contribution in [0.2, 0.25) is 0 Å². The fourth-order valence-electron chi connectivity index (χ4n) is 2.96. The highest BCUT2D eigenvalue weighted by atomic mass is 15.1. The fraction of sp³-hybridized carbons (Fsp3) is 0.524. The molecule has 5 nitrogen and oxygen atoms in total. The maximum atomic E-state index is 4.42. The summed E-state index contributed by atoms with van der Waals surface area (Å²) in [6.45, 7) is 10.9. The van der Waals surface area contributed by atoms with Crippen LogP contribution < -0.4 is 10.6 Å². The third kappa shape index (κ3) is 5.70. The second-order valence-corrected chi connectivity index (χ2v) is 7.62. The van der Waals surface area contributed by atoms with E-state index in [0.717, 1.165) is 31.1 Å². The van der Waals surface area contributed by atoms with E-state index in [1.165, 1.54) is 16.8 Å². The number of rotatable bonds is 9. The summed E-state index contributed by atoms with van der Waals surface area (Å²) in [5, 5.41) is 6.94. The van der Waals surface area contributed by atoms with E-state index in [1.54, 1.807) is 6.33 Å². The Bertz CT molecular complexity index is 668. The number of anilines is 3. The molecule has 0 amide bonds. The molecule has 0 fully saturated rings. The Hall–Kier alpha value is -2.14. The van der Waals surface area contributed by atoms with E-state index >= 15 is 0 Å². The number of nitrogens with zero attached hydrogens (tertiary/aromatic N) is 3. The van der Waals surface area contributed by atoms with Crippen molar-refractivity contribution in [3.8, 4) is 0 Å². The van der Waals surface area contributed by atoms with E-state index in [2.05, 4.69) is 85.5 Å². The molecule has 0 radical (unpaired) electrons. The van der Waals surface area contributed by atoms with Crippen molar-refractivity contribution in [2.75, 3.05) is 37.8 Å². The first-order valence-electron chi connectivity index (χ1n) is 9.49. The molecule has 0 saturated carbocycles. The summed E-state index contributed by atoms with van der Waals surface area (Å²) < 4.78 is 0. The second kappa shape index (κ2) is 9.53. The van der Waals surface area contributed by atoms with Crippen LogP contribution in [0.5, 0.6) is 0 Å². The summed E-state index contributed by atoms with van der Waals surface area (Å²) in [5.41, 5.74) is 3.81. The molecule has 2 N–H and O–H groups in total. The highest BCUT2D eigenvalue weighted by Crippen LogP contribution is 2.34. The van der Waals surface area contributed by atoms with Crippen LogP contribution in [0.3, 0.4) is 0 Å². The maximum absolute atomic E-state index is 4.42. The molecule has 0 aliphatic rings. The Labute approximate surface area is 158 Å². The summed E-state index contributed by atoms with van der Waals surface area (Å²) in [5.74, 6) is 2.57. The summed E-state index contributed by atoms with van der Waals surface area (Å²) in [6, 6.07) is 8.52. The zero-order chi connectivity index (χ0) is 19.1. The van der Waals surface area contributed by atoms with Gasteiger partial charge >= 0.3 is 0 Å². The Balaban J connectivity index is 2.17. The molecule has 2 aromatic rings. The molecule has 142 valence electrons. The molecule has 0 spiro atoms. The van der Waals surface area contributed by atoms with Gasteiger partial charge in [0.2, 0.25) is 0 Å². The summed E-state index contributed by atoms with van der Waals surface area (Å²) >= 11 is 0. The predicted molar refractivity (Wildman–Crippen MR) is 112 cm³/mol. The van der Waals surface area contributed by atoms with Crippen molar-refractivity contribution >= 4 is 17.3 Å². The van der Waals surface area contributed by atoms with Crippen LogP contribution in [0.1, 0.15) is 57.1 Å². The van der Waals surface area contributed by atoms with Crippen LogP contribution in [0.25, 0.3) is 0 Å². The van der Waals surface area contributed by atoms with Crippen molar-refractivity contribution in [3.63, 3.8) is 0 Å². The lowest BCUT2D eigenvalue weighted by Crippen LogP contribution is -2.16. The van der Waals surface area contributed by atoms with Crippen molar-refractivity contribution in [2.24, 2.45) is 0 Å². The van der Waals surface area contributed by atoms with Gasteiger partial charge in [-0.1, -0.05) is 45.9 Å². The van der Waals surface area contributed by atoms with Gasteiger partial charge in [0.05, 0.1) is 0 Å². The molecule has 1 aromatic carbocycles. The maximum Gasteiger partial charge on any atom is 0.135 e. The highest BCUT2D eigenvalue weighted by molar-refractivity contribution is 5.67. The lowest BCUT2D eigenvalue weighted by Gasteiger charge is -2.20. The number of hydrogen-bond donors (Lipinski definition) is 2. The van der Waals surface area contributed by atoms with E-state index in [1.807, 2.05) is 6.07 Å². The van der Waals surface area contributed by atoms with Gasteiger partial charge in [-0.25, -0.2) is 9.97 Å². The van der Waals surface area contributed by atoms with Gasteiger partial charge in [-0.3, -0.25) is 0 Å². The summed E-state index contributed by atoms with van der Waals surface area (Å²) in [7, 11) is 4.18. The van der Waals surface area contributed by atoms with Gasteiger partial charge in [-0.15, -0.1) is 0 Å². The molecule has 0 saturated heterocycles. The molecule has 0 bridgehead atoms. The minimum Gasteiger partial charge on any atom is -0.370 e.